The number of aryl methyl sites for hydroxylation is 2. The fourth-order valence-electron chi connectivity index (χ4n) is 1.41. The van der Waals surface area contributed by atoms with Crippen molar-refractivity contribution in [1.82, 2.24) is 10.1 Å². The number of thiophene rings is 1. The van der Waals surface area contributed by atoms with Gasteiger partial charge >= 0.3 is 0 Å². The van der Waals surface area contributed by atoms with Crippen LogP contribution in [0.4, 0.5) is 0 Å². The highest BCUT2D eigenvalue weighted by atomic mass is 32.1. The average molecular weight is 237 g/mol. The largest absolute Gasteiger partial charge is 0.339 e. The molecule has 0 amide bonds. The topological polar surface area (TPSA) is 64.9 Å². The van der Waals surface area contributed by atoms with E-state index >= 15 is 0 Å². The first-order valence-corrected chi connectivity index (χ1v) is 6.22. The summed E-state index contributed by atoms with van der Waals surface area (Å²) in [6.45, 7) is 4.02. The minimum Gasteiger partial charge on any atom is -0.339 e. The first-order chi connectivity index (χ1) is 7.66. The van der Waals surface area contributed by atoms with Gasteiger partial charge in [0.1, 0.15) is 0 Å². The summed E-state index contributed by atoms with van der Waals surface area (Å²) in [5.41, 5.74) is 7.92. The summed E-state index contributed by atoms with van der Waals surface area (Å²) in [6.07, 6.45) is 1.61. The fourth-order valence-corrected chi connectivity index (χ4v) is 2.23. The van der Waals surface area contributed by atoms with Crippen LogP contribution in [0.15, 0.2) is 15.3 Å². The summed E-state index contributed by atoms with van der Waals surface area (Å²) in [5, 5.41) is 8.09. The van der Waals surface area contributed by atoms with E-state index in [1.165, 1.54) is 5.56 Å². The second-order valence-corrected chi connectivity index (χ2v) is 4.74. The molecule has 0 spiro atoms. The van der Waals surface area contributed by atoms with Crippen LogP contribution in [0.3, 0.4) is 0 Å². The van der Waals surface area contributed by atoms with Gasteiger partial charge < -0.3 is 10.3 Å². The Hall–Kier alpha value is -1.20. The molecule has 0 bridgehead atoms. The molecule has 16 heavy (non-hydrogen) atoms. The zero-order valence-corrected chi connectivity index (χ0v) is 10.3. The molecule has 0 fully saturated rings. The van der Waals surface area contributed by atoms with Gasteiger partial charge in [-0.25, -0.2) is 0 Å². The number of aromatic nitrogens is 2. The molecule has 2 aromatic rings. The number of hydrogen-bond donors (Lipinski definition) is 1. The summed E-state index contributed by atoms with van der Waals surface area (Å²) in [7, 11) is 0. The van der Waals surface area contributed by atoms with Crippen LogP contribution in [0.2, 0.25) is 0 Å². The second-order valence-electron chi connectivity index (χ2n) is 4.00. The Kier molecular flexibility index (Phi) is 3.36. The van der Waals surface area contributed by atoms with E-state index in [0.29, 0.717) is 11.7 Å². The fraction of sp³-hybridized carbons (Fsp3) is 0.455. The van der Waals surface area contributed by atoms with Crippen LogP contribution < -0.4 is 5.73 Å². The van der Waals surface area contributed by atoms with Crippen molar-refractivity contribution >= 4 is 11.3 Å². The maximum Gasteiger partial charge on any atom is 0.227 e. The molecule has 1 unspecified atom stereocenters. The second kappa shape index (κ2) is 4.76. The van der Waals surface area contributed by atoms with Crippen molar-refractivity contribution in [2.45, 2.75) is 32.7 Å². The lowest BCUT2D eigenvalue weighted by atomic mass is 10.2. The third-order valence-corrected chi connectivity index (χ3v) is 3.24. The van der Waals surface area contributed by atoms with Crippen LogP contribution >= 0.6 is 11.3 Å². The van der Waals surface area contributed by atoms with E-state index < -0.39 is 0 Å². The van der Waals surface area contributed by atoms with Crippen LogP contribution in [0.25, 0.3) is 11.4 Å². The van der Waals surface area contributed by atoms with Crippen molar-refractivity contribution in [2.75, 3.05) is 0 Å². The standard InChI is InChI=1S/C11H15N3OS/c1-7-5-16-6-9(7)11-13-10(15-14-11)4-3-8(2)12/h5-6,8H,3-4,12H2,1-2H3. The molecule has 4 nitrogen and oxygen atoms in total. The first kappa shape index (κ1) is 11.3. The molecule has 0 saturated carbocycles. The van der Waals surface area contributed by atoms with Gasteiger partial charge in [-0.05, 0) is 31.2 Å². The summed E-state index contributed by atoms with van der Waals surface area (Å²) in [4.78, 5) is 4.36. The molecule has 0 aliphatic rings. The molecule has 0 aliphatic carbocycles. The van der Waals surface area contributed by atoms with E-state index in [9.17, 15) is 0 Å². The van der Waals surface area contributed by atoms with E-state index in [1.807, 2.05) is 19.2 Å². The van der Waals surface area contributed by atoms with E-state index in [0.717, 1.165) is 18.4 Å². The van der Waals surface area contributed by atoms with Crippen LogP contribution in [-0.2, 0) is 6.42 Å². The van der Waals surface area contributed by atoms with E-state index in [1.54, 1.807) is 11.3 Å². The molecule has 2 heterocycles. The Morgan fingerprint density at radius 3 is 2.94 bits per heavy atom. The zero-order chi connectivity index (χ0) is 11.5. The van der Waals surface area contributed by atoms with Crippen molar-refractivity contribution in [1.29, 1.82) is 0 Å². The molecule has 1 atom stereocenters. The Labute approximate surface area is 98.5 Å². The summed E-state index contributed by atoms with van der Waals surface area (Å²) in [6, 6.07) is 0.165. The van der Waals surface area contributed by atoms with Crippen LogP contribution in [-0.4, -0.2) is 16.2 Å². The SMILES string of the molecule is Cc1cscc1-c1noc(CCC(C)N)n1. The van der Waals surface area contributed by atoms with Gasteiger partial charge in [0.25, 0.3) is 0 Å². The highest BCUT2D eigenvalue weighted by Crippen LogP contribution is 2.24. The first-order valence-electron chi connectivity index (χ1n) is 5.28. The Morgan fingerprint density at radius 1 is 1.50 bits per heavy atom. The molecule has 0 aliphatic heterocycles. The number of nitrogens with zero attached hydrogens (tertiary/aromatic N) is 2. The zero-order valence-electron chi connectivity index (χ0n) is 9.43. The van der Waals surface area contributed by atoms with Gasteiger partial charge in [0.2, 0.25) is 11.7 Å². The van der Waals surface area contributed by atoms with Gasteiger partial charge in [0.15, 0.2) is 0 Å². The lowest BCUT2D eigenvalue weighted by Crippen LogP contribution is -2.15. The molecule has 86 valence electrons. The molecular formula is C11H15N3OS. The van der Waals surface area contributed by atoms with Gasteiger partial charge in [-0.15, -0.1) is 0 Å². The lowest BCUT2D eigenvalue weighted by Gasteiger charge is -1.99. The van der Waals surface area contributed by atoms with Gasteiger partial charge in [0, 0.05) is 23.4 Å². The van der Waals surface area contributed by atoms with E-state index in [-0.39, 0.29) is 6.04 Å². The molecular weight excluding hydrogens is 222 g/mol. The van der Waals surface area contributed by atoms with Gasteiger partial charge in [0.05, 0.1) is 0 Å². The van der Waals surface area contributed by atoms with Crippen molar-refractivity contribution < 1.29 is 4.52 Å². The highest BCUT2D eigenvalue weighted by Gasteiger charge is 2.11. The number of nitrogens with two attached hydrogens (primary N) is 1. The van der Waals surface area contributed by atoms with E-state index in [2.05, 4.69) is 15.5 Å². The smallest absolute Gasteiger partial charge is 0.227 e. The predicted molar refractivity (Wildman–Crippen MR) is 64.3 cm³/mol. The van der Waals surface area contributed by atoms with E-state index in [4.69, 9.17) is 10.3 Å². The maximum atomic E-state index is 5.68. The average Bonchev–Trinajstić information content (AvgIpc) is 2.83. The maximum absolute atomic E-state index is 5.68. The van der Waals surface area contributed by atoms with Gasteiger partial charge in [-0.1, -0.05) is 5.16 Å². The third-order valence-electron chi connectivity index (χ3n) is 2.38. The van der Waals surface area contributed by atoms with Crippen LogP contribution in [0.5, 0.6) is 0 Å². The highest BCUT2D eigenvalue weighted by molar-refractivity contribution is 7.08. The van der Waals surface area contributed by atoms with Crippen LogP contribution in [0, 0.1) is 6.92 Å². The summed E-state index contributed by atoms with van der Waals surface area (Å²) >= 11 is 1.65. The summed E-state index contributed by atoms with van der Waals surface area (Å²) < 4.78 is 5.18. The molecule has 0 radical (unpaired) electrons. The Morgan fingerprint density at radius 2 is 2.31 bits per heavy atom. The van der Waals surface area contributed by atoms with Crippen molar-refractivity contribution in [3.05, 3.63) is 22.2 Å². The number of rotatable bonds is 4. The number of hydrogen-bond acceptors (Lipinski definition) is 5. The normalized spacial score (nSPS) is 12.9. The molecule has 2 aromatic heterocycles. The third kappa shape index (κ3) is 2.48. The minimum absolute atomic E-state index is 0.165. The molecule has 2 N–H and O–H groups in total. The Bertz CT molecular complexity index is 461. The molecule has 0 aromatic carbocycles. The summed E-state index contributed by atoms with van der Waals surface area (Å²) in [5.74, 6) is 1.34. The van der Waals surface area contributed by atoms with Crippen LogP contribution in [0.1, 0.15) is 24.8 Å². The molecule has 5 heteroatoms. The van der Waals surface area contributed by atoms with Crippen molar-refractivity contribution in [3.8, 4) is 11.4 Å². The van der Waals surface area contributed by atoms with Gasteiger partial charge in [-0.3, -0.25) is 0 Å². The Balaban J connectivity index is 2.11. The predicted octanol–water partition coefficient (Wildman–Crippen LogP) is 2.39. The monoisotopic (exact) mass is 237 g/mol. The van der Waals surface area contributed by atoms with Crippen molar-refractivity contribution in [3.63, 3.8) is 0 Å². The molecule has 0 saturated heterocycles. The van der Waals surface area contributed by atoms with Gasteiger partial charge in [-0.2, -0.15) is 16.3 Å². The lowest BCUT2D eigenvalue weighted by molar-refractivity contribution is 0.372. The van der Waals surface area contributed by atoms with Crippen molar-refractivity contribution in [2.24, 2.45) is 5.73 Å². The quantitative estimate of drug-likeness (QED) is 0.886. The minimum atomic E-state index is 0.165. The molecule has 2 rings (SSSR count).